The third-order valence-electron chi connectivity index (χ3n) is 2.12. The number of nitrogens with one attached hydrogen (secondary N) is 2. The number of amides is 1. The lowest BCUT2D eigenvalue weighted by molar-refractivity contribution is 0.0696. The van der Waals surface area contributed by atoms with Gasteiger partial charge in [0.25, 0.3) is 5.91 Å². The number of aromatic amines is 1. The SMILES string of the molecule is O=C(O)c1ccc(C(=O)Nc2ncc[nH]2)cc1. The van der Waals surface area contributed by atoms with Gasteiger partial charge in [0.05, 0.1) is 5.56 Å². The molecule has 1 aromatic heterocycles. The van der Waals surface area contributed by atoms with Crippen molar-refractivity contribution in [3.05, 3.63) is 47.8 Å². The molecule has 0 unspecified atom stereocenters. The Morgan fingerprint density at radius 3 is 2.35 bits per heavy atom. The molecule has 6 nitrogen and oxygen atoms in total. The number of carboxylic acid groups (broad SMARTS) is 1. The second kappa shape index (κ2) is 4.48. The highest BCUT2D eigenvalue weighted by Gasteiger charge is 2.08. The molecule has 0 aliphatic heterocycles. The topological polar surface area (TPSA) is 95.1 Å². The van der Waals surface area contributed by atoms with Crippen molar-refractivity contribution in [3.63, 3.8) is 0 Å². The minimum Gasteiger partial charge on any atom is -0.478 e. The molecular weight excluding hydrogens is 222 g/mol. The van der Waals surface area contributed by atoms with Gasteiger partial charge in [-0.05, 0) is 24.3 Å². The Hall–Kier alpha value is -2.63. The number of carbonyl (C=O) groups is 2. The molecule has 0 bridgehead atoms. The van der Waals surface area contributed by atoms with Crippen LogP contribution in [0.15, 0.2) is 36.7 Å². The van der Waals surface area contributed by atoms with Gasteiger partial charge in [-0.1, -0.05) is 0 Å². The first kappa shape index (κ1) is 10.9. The third-order valence-corrected chi connectivity index (χ3v) is 2.12. The van der Waals surface area contributed by atoms with E-state index in [4.69, 9.17) is 5.11 Å². The van der Waals surface area contributed by atoms with Crippen LogP contribution in [0.3, 0.4) is 0 Å². The van der Waals surface area contributed by atoms with E-state index in [9.17, 15) is 9.59 Å². The maximum atomic E-state index is 11.7. The molecular formula is C11H9N3O3. The molecule has 1 heterocycles. The molecule has 0 saturated heterocycles. The molecule has 2 aromatic rings. The fourth-order valence-electron chi connectivity index (χ4n) is 1.28. The summed E-state index contributed by atoms with van der Waals surface area (Å²) >= 11 is 0. The number of aromatic carboxylic acids is 1. The summed E-state index contributed by atoms with van der Waals surface area (Å²) in [6.45, 7) is 0. The fraction of sp³-hybridized carbons (Fsp3) is 0. The monoisotopic (exact) mass is 231 g/mol. The van der Waals surface area contributed by atoms with Gasteiger partial charge in [-0.15, -0.1) is 0 Å². The van der Waals surface area contributed by atoms with Crippen molar-refractivity contribution in [2.24, 2.45) is 0 Å². The van der Waals surface area contributed by atoms with Gasteiger partial charge in [0.15, 0.2) is 0 Å². The fourth-order valence-corrected chi connectivity index (χ4v) is 1.28. The number of carboxylic acids is 1. The zero-order chi connectivity index (χ0) is 12.3. The van der Waals surface area contributed by atoms with Gasteiger partial charge in [0, 0.05) is 18.0 Å². The highest BCUT2D eigenvalue weighted by atomic mass is 16.4. The van der Waals surface area contributed by atoms with Gasteiger partial charge in [0.2, 0.25) is 5.95 Å². The summed E-state index contributed by atoms with van der Waals surface area (Å²) in [6, 6.07) is 5.64. The van der Waals surface area contributed by atoms with Crippen LogP contribution in [0.5, 0.6) is 0 Å². The first-order valence-electron chi connectivity index (χ1n) is 4.81. The van der Waals surface area contributed by atoms with Gasteiger partial charge in [-0.2, -0.15) is 0 Å². The second-order valence-electron chi connectivity index (χ2n) is 3.27. The van der Waals surface area contributed by atoms with Crippen molar-refractivity contribution in [2.45, 2.75) is 0 Å². The standard InChI is InChI=1S/C11H9N3O3/c15-9(14-11-12-5-6-13-11)7-1-3-8(4-2-7)10(16)17/h1-6H,(H,16,17)(H2,12,13,14,15). The Morgan fingerprint density at radius 1 is 1.18 bits per heavy atom. The van der Waals surface area contributed by atoms with E-state index < -0.39 is 5.97 Å². The number of imidazole rings is 1. The van der Waals surface area contributed by atoms with E-state index in [0.29, 0.717) is 11.5 Å². The van der Waals surface area contributed by atoms with Crippen molar-refractivity contribution >= 4 is 17.8 Å². The van der Waals surface area contributed by atoms with E-state index in [1.54, 1.807) is 6.20 Å². The van der Waals surface area contributed by atoms with Crippen LogP contribution >= 0.6 is 0 Å². The van der Waals surface area contributed by atoms with Crippen molar-refractivity contribution in [1.29, 1.82) is 0 Å². The predicted molar refractivity (Wildman–Crippen MR) is 59.9 cm³/mol. The summed E-state index contributed by atoms with van der Waals surface area (Å²) in [4.78, 5) is 28.9. The van der Waals surface area contributed by atoms with E-state index in [2.05, 4.69) is 15.3 Å². The van der Waals surface area contributed by atoms with Crippen LogP contribution in [-0.2, 0) is 0 Å². The van der Waals surface area contributed by atoms with E-state index in [-0.39, 0.29) is 11.5 Å². The van der Waals surface area contributed by atoms with Crippen LogP contribution in [0.1, 0.15) is 20.7 Å². The minimum atomic E-state index is -1.03. The molecule has 0 fully saturated rings. The van der Waals surface area contributed by atoms with Crippen LogP contribution in [0.2, 0.25) is 0 Å². The molecule has 17 heavy (non-hydrogen) atoms. The van der Waals surface area contributed by atoms with Crippen molar-refractivity contribution in [3.8, 4) is 0 Å². The number of benzene rings is 1. The maximum absolute atomic E-state index is 11.7. The van der Waals surface area contributed by atoms with E-state index in [1.165, 1.54) is 30.5 Å². The normalized spacial score (nSPS) is 9.88. The first-order valence-corrected chi connectivity index (χ1v) is 4.81. The molecule has 86 valence electrons. The lowest BCUT2D eigenvalue weighted by atomic mass is 10.1. The molecule has 1 amide bonds. The number of nitrogens with zero attached hydrogens (tertiary/aromatic N) is 1. The first-order chi connectivity index (χ1) is 8.16. The summed E-state index contributed by atoms with van der Waals surface area (Å²) in [5, 5.41) is 11.2. The molecule has 3 N–H and O–H groups in total. The number of hydrogen-bond acceptors (Lipinski definition) is 3. The quantitative estimate of drug-likeness (QED) is 0.743. The molecule has 1 aromatic carbocycles. The molecule has 0 spiro atoms. The predicted octanol–water partition coefficient (Wildman–Crippen LogP) is 1.36. The second-order valence-corrected chi connectivity index (χ2v) is 3.27. The molecule has 0 aliphatic carbocycles. The molecule has 0 atom stereocenters. The summed E-state index contributed by atoms with van der Waals surface area (Å²) in [5.74, 6) is -1.03. The van der Waals surface area contributed by atoms with Gasteiger partial charge >= 0.3 is 5.97 Å². The Morgan fingerprint density at radius 2 is 1.82 bits per heavy atom. The van der Waals surface area contributed by atoms with Crippen molar-refractivity contribution in [2.75, 3.05) is 5.32 Å². The molecule has 0 saturated carbocycles. The zero-order valence-electron chi connectivity index (χ0n) is 8.68. The summed E-state index contributed by atoms with van der Waals surface area (Å²) in [6.07, 6.45) is 3.10. The highest BCUT2D eigenvalue weighted by Crippen LogP contribution is 2.06. The Balaban J connectivity index is 2.12. The number of anilines is 1. The zero-order valence-corrected chi connectivity index (χ0v) is 8.68. The average molecular weight is 231 g/mol. The maximum Gasteiger partial charge on any atom is 0.335 e. The van der Waals surface area contributed by atoms with Crippen LogP contribution in [0.4, 0.5) is 5.95 Å². The number of rotatable bonds is 3. The third kappa shape index (κ3) is 2.49. The van der Waals surface area contributed by atoms with Gasteiger partial charge in [-0.3, -0.25) is 10.1 Å². The van der Waals surface area contributed by atoms with Crippen LogP contribution in [0, 0.1) is 0 Å². The lowest BCUT2D eigenvalue weighted by Gasteiger charge is -2.02. The van der Waals surface area contributed by atoms with E-state index in [0.717, 1.165) is 0 Å². The minimum absolute atomic E-state index is 0.138. The lowest BCUT2D eigenvalue weighted by Crippen LogP contribution is -2.13. The number of aromatic nitrogens is 2. The molecule has 0 radical (unpaired) electrons. The molecule has 0 aliphatic rings. The van der Waals surface area contributed by atoms with Crippen LogP contribution < -0.4 is 5.32 Å². The molecule has 6 heteroatoms. The Labute approximate surface area is 96.3 Å². The highest BCUT2D eigenvalue weighted by molar-refractivity contribution is 6.03. The Bertz CT molecular complexity index is 532. The number of carbonyl (C=O) groups excluding carboxylic acids is 1. The van der Waals surface area contributed by atoms with E-state index >= 15 is 0 Å². The summed E-state index contributed by atoms with van der Waals surface area (Å²) in [5.41, 5.74) is 0.506. The van der Waals surface area contributed by atoms with E-state index in [1.807, 2.05) is 0 Å². The van der Waals surface area contributed by atoms with Crippen LogP contribution in [0.25, 0.3) is 0 Å². The Kier molecular flexibility index (Phi) is 2.87. The number of H-pyrrole nitrogens is 1. The van der Waals surface area contributed by atoms with Gasteiger partial charge in [0.1, 0.15) is 0 Å². The molecule has 2 rings (SSSR count). The summed E-state index contributed by atoms with van der Waals surface area (Å²) < 4.78 is 0. The van der Waals surface area contributed by atoms with Gasteiger partial charge < -0.3 is 10.1 Å². The van der Waals surface area contributed by atoms with Crippen molar-refractivity contribution in [1.82, 2.24) is 9.97 Å². The average Bonchev–Trinajstić information content (AvgIpc) is 2.82. The van der Waals surface area contributed by atoms with Crippen LogP contribution in [-0.4, -0.2) is 27.0 Å². The van der Waals surface area contributed by atoms with Gasteiger partial charge in [-0.25, -0.2) is 9.78 Å². The summed E-state index contributed by atoms with van der Waals surface area (Å²) in [7, 11) is 0. The number of hydrogen-bond donors (Lipinski definition) is 3. The largest absolute Gasteiger partial charge is 0.478 e. The smallest absolute Gasteiger partial charge is 0.335 e. The van der Waals surface area contributed by atoms with Crippen molar-refractivity contribution < 1.29 is 14.7 Å².